The summed E-state index contributed by atoms with van der Waals surface area (Å²) in [6.45, 7) is 0. The smallest absolute Gasteiger partial charge is 0.00262 e. The van der Waals surface area contributed by atoms with Crippen LogP contribution in [0.1, 0.15) is 0 Å². The number of hydrogen-bond acceptors (Lipinski definition) is 0. The van der Waals surface area contributed by atoms with Crippen molar-refractivity contribution in [2.45, 2.75) is 0 Å². The quantitative estimate of drug-likeness (QED) is 0.134. The lowest BCUT2D eigenvalue weighted by atomic mass is 9.84. The van der Waals surface area contributed by atoms with Crippen molar-refractivity contribution in [3.63, 3.8) is 0 Å². The van der Waals surface area contributed by atoms with Crippen LogP contribution in [-0.2, 0) is 0 Å². The number of fused-ring (bicyclic) bond motifs is 8. The van der Waals surface area contributed by atoms with E-state index < -0.39 is 0 Å². The van der Waals surface area contributed by atoms with Gasteiger partial charge in [-0.1, -0.05) is 176 Å². The predicted octanol–water partition coefficient (Wildman–Crippen LogP) is 14.1. The van der Waals surface area contributed by atoms with Crippen molar-refractivity contribution in [2.24, 2.45) is 0 Å². The normalized spacial score (nSPS) is 11.6. The molecule has 0 bridgehead atoms. The SMILES string of the molecule is c1ccc(-c2c3ccccc3c(-c3ccccc3)c3cc(-c4cccc(-c5ccc6c7ccccc7c7ccccc7c6c5)c4)ccc23)cc1. The van der Waals surface area contributed by atoms with Gasteiger partial charge in [-0.15, -0.1) is 0 Å². The molecule has 0 radical (unpaired) electrons. The minimum Gasteiger partial charge on any atom is -0.0622 e. The summed E-state index contributed by atoms with van der Waals surface area (Å²) in [5, 5.41) is 12.9. The molecule has 0 saturated carbocycles. The molecule has 50 heavy (non-hydrogen) atoms. The maximum Gasteiger partial charge on any atom is -0.00262 e. The Morgan fingerprint density at radius 1 is 0.160 bits per heavy atom. The van der Waals surface area contributed by atoms with Crippen molar-refractivity contribution in [3.8, 4) is 44.5 Å². The standard InChI is InChI=1S/C50H32/c1-3-14-33(15-4-1)49-44-24-11-12-25-45(44)50(34-16-5-2-6-17-34)48-32-38(27-29-46(48)49)36-19-13-18-35(30-36)37-26-28-43-41-22-8-7-20-39(41)40-21-9-10-23-42(40)47(43)31-37/h1-32H. The van der Waals surface area contributed by atoms with Gasteiger partial charge in [-0.05, 0) is 117 Å². The monoisotopic (exact) mass is 632 g/mol. The zero-order valence-corrected chi connectivity index (χ0v) is 27.5. The second kappa shape index (κ2) is 11.6. The fourth-order valence-corrected chi connectivity index (χ4v) is 8.16. The van der Waals surface area contributed by atoms with Crippen LogP contribution in [0.4, 0.5) is 0 Å². The van der Waals surface area contributed by atoms with E-state index in [1.54, 1.807) is 0 Å². The van der Waals surface area contributed by atoms with Crippen LogP contribution in [-0.4, -0.2) is 0 Å². The summed E-state index contributed by atoms with van der Waals surface area (Å²) < 4.78 is 0. The van der Waals surface area contributed by atoms with Gasteiger partial charge in [-0.25, -0.2) is 0 Å². The third-order valence-electron chi connectivity index (χ3n) is 10.4. The molecule has 0 aliphatic rings. The fraction of sp³-hybridized carbons (Fsp3) is 0. The molecule has 0 spiro atoms. The molecule has 10 aromatic rings. The molecular weight excluding hydrogens is 601 g/mol. The second-order valence-corrected chi connectivity index (χ2v) is 13.2. The lowest BCUT2D eigenvalue weighted by molar-refractivity contribution is 1.61. The zero-order chi connectivity index (χ0) is 33.0. The zero-order valence-electron chi connectivity index (χ0n) is 27.5. The van der Waals surface area contributed by atoms with E-state index in [0.29, 0.717) is 0 Å². The van der Waals surface area contributed by atoms with Gasteiger partial charge in [0.05, 0.1) is 0 Å². The van der Waals surface area contributed by atoms with E-state index in [-0.39, 0.29) is 0 Å². The Bertz CT molecular complexity index is 2860. The first kappa shape index (κ1) is 28.5. The average Bonchev–Trinajstić information content (AvgIpc) is 3.20. The molecule has 10 aromatic carbocycles. The molecule has 232 valence electrons. The molecule has 0 N–H and O–H groups in total. The van der Waals surface area contributed by atoms with E-state index in [4.69, 9.17) is 0 Å². The van der Waals surface area contributed by atoms with Gasteiger partial charge in [0.2, 0.25) is 0 Å². The van der Waals surface area contributed by atoms with Gasteiger partial charge in [0.1, 0.15) is 0 Å². The largest absolute Gasteiger partial charge is 0.0622 e. The summed E-state index contributed by atoms with van der Waals surface area (Å²) in [5.74, 6) is 0. The lowest BCUT2D eigenvalue weighted by Crippen LogP contribution is -1.91. The van der Waals surface area contributed by atoms with Crippen LogP contribution in [0.15, 0.2) is 194 Å². The molecule has 0 aromatic heterocycles. The van der Waals surface area contributed by atoms with Crippen LogP contribution in [0.2, 0.25) is 0 Å². The van der Waals surface area contributed by atoms with E-state index >= 15 is 0 Å². The second-order valence-electron chi connectivity index (χ2n) is 13.2. The van der Waals surface area contributed by atoms with Crippen LogP contribution in [0.25, 0.3) is 98.4 Å². The highest BCUT2D eigenvalue weighted by Crippen LogP contribution is 2.45. The Morgan fingerprint density at radius 3 is 1.00 bits per heavy atom. The highest BCUT2D eigenvalue weighted by Gasteiger charge is 2.17. The molecule has 0 fully saturated rings. The Hall–Kier alpha value is -6.50. The number of hydrogen-bond donors (Lipinski definition) is 0. The van der Waals surface area contributed by atoms with Crippen LogP contribution in [0.5, 0.6) is 0 Å². The molecule has 0 nitrogen and oxygen atoms in total. The first-order valence-electron chi connectivity index (χ1n) is 17.4. The van der Waals surface area contributed by atoms with Crippen LogP contribution in [0, 0.1) is 0 Å². The molecule has 10 rings (SSSR count). The molecule has 0 heteroatoms. The Labute approximate surface area is 291 Å². The first-order chi connectivity index (χ1) is 24.8. The maximum absolute atomic E-state index is 2.41. The molecule has 0 aliphatic carbocycles. The highest BCUT2D eigenvalue weighted by atomic mass is 14.2. The summed E-state index contributed by atoms with van der Waals surface area (Å²) >= 11 is 0. The molecule has 0 heterocycles. The summed E-state index contributed by atoms with van der Waals surface area (Å²) in [6, 6.07) is 71.2. The van der Waals surface area contributed by atoms with Crippen LogP contribution < -0.4 is 0 Å². The van der Waals surface area contributed by atoms with E-state index in [1.807, 2.05) is 0 Å². The van der Waals surface area contributed by atoms with Gasteiger partial charge >= 0.3 is 0 Å². The van der Waals surface area contributed by atoms with Crippen molar-refractivity contribution in [3.05, 3.63) is 194 Å². The number of benzene rings is 10. The molecule has 0 saturated heterocycles. The highest BCUT2D eigenvalue weighted by molar-refractivity contribution is 6.26. The Morgan fingerprint density at radius 2 is 0.480 bits per heavy atom. The summed E-state index contributed by atoms with van der Waals surface area (Å²) in [6.07, 6.45) is 0. The predicted molar refractivity (Wildman–Crippen MR) is 216 cm³/mol. The van der Waals surface area contributed by atoms with Gasteiger partial charge < -0.3 is 0 Å². The van der Waals surface area contributed by atoms with Gasteiger partial charge in [0.25, 0.3) is 0 Å². The summed E-state index contributed by atoms with van der Waals surface area (Å²) in [7, 11) is 0. The Balaban J connectivity index is 1.19. The topological polar surface area (TPSA) is 0 Å². The third-order valence-corrected chi connectivity index (χ3v) is 10.4. The summed E-state index contributed by atoms with van der Waals surface area (Å²) in [4.78, 5) is 0. The summed E-state index contributed by atoms with van der Waals surface area (Å²) in [5.41, 5.74) is 9.89. The van der Waals surface area contributed by atoms with Gasteiger partial charge in [0.15, 0.2) is 0 Å². The molecule has 0 unspecified atom stereocenters. The van der Waals surface area contributed by atoms with Crippen molar-refractivity contribution in [1.29, 1.82) is 0 Å². The maximum atomic E-state index is 2.41. The van der Waals surface area contributed by atoms with Crippen molar-refractivity contribution >= 4 is 53.9 Å². The van der Waals surface area contributed by atoms with Gasteiger partial charge in [0, 0.05) is 0 Å². The van der Waals surface area contributed by atoms with Crippen LogP contribution >= 0.6 is 0 Å². The molecular formula is C50H32. The van der Waals surface area contributed by atoms with Gasteiger partial charge in [-0.3, -0.25) is 0 Å². The minimum atomic E-state index is 1.21. The van der Waals surface area contributed by atoms with E-state index in [9.17, 15) is 0 Å². The lowest BCUT2D eigenvalue weighted by Gasteiger charge is -2.19. The van der Waals surface area contributed by atoms with Crippen molar-refractivity contribution in [2.75, 3.05) is 0 Å². The minimum absolute atomic E-state index is 1.21. The average molecular weight is 633 g/mol. The Kier molecular flexibility index (Phi) is 6.60. The van der Waals surface area contributed by atoms with E-state index in [1.165, 1.54) is 98.4 Å². The van der Waals surface area contributed by atoms with Crippen molar-refractivity contribution < 1.29 is 0 Å². The molecule has 0 atom stereocenters. The third kappa shape index (κ3) is 4.54. The van der Waals surface area contributed by atoms with Gasteiger partial charge in [-0.2, -0.15) is 0 Å². The molecule has 0 amide bonds. The number of rotatable bonds is 4. The van der Waals surface area contributed by atoms with Crippen LogP contribution in [0.3, 0.4) is 0 Å². The van der Waals surface area contributed by atoms with Crippen molar-refractivity contribution in [1.82, 2.24) is 0 Å². The fourth-order valence-electron chi connectivity index (χ4n) is 8.16. The van der Waals surface area contributed by atoms with E-state index in [2.05, 4.69) is 194 Å². The molecule has 0 aliphatic heterocycles. The van der Waals surface area contributed by atoms with E-state index in [0.717, 1.165) is 0 Å². The first-order valence-corrected chi connectivity index (χ1v) is 17.4.